The van der Waals surface area contributed by atoms with E-state index in [1.54, 1.807) is 6.20 Å². The number of aromatic nitrogens is 2. The summed E-state index contributed by atoms with van der Waals surface area (Å²) in [7, 11) is 0. The van der Waals surface area contributed by atoms with Gasteiger partial charge in [-0.1, -0.05) is 94.5 Å². The van der Waals surface area contributed by atoms with E-state index in [1.165, 1.54) is 12.7 Å². The Morgan fingerprint density at radius 1 is 1.07 bits per heavy atom. The van der Waals surface area contributed by atoms with Gasteiger partial charge in [0.2, 0.25) is 5.91 Å². The van der Waals surface area contributed by atoms with Gasteiger partial charge in [0.15, 0.2) is 6.10 Å². The highest BCUT2D eigenvalue weighted by Crippen LogP contribution is 2.30. The van der Waals surface area contributed by atoms with Crippen LogP contribution in [0.3, 0.4) is 0 Å². The van der Waals surface area contributed by atoms with Crippen LogP contribution >= 0.6 is 0 Å². The van der Waals surface area contributed by atoms with Gasteiger partial charge in [0.05, 0.1) is 18.5 Å². The predicted octanol–water partition coefficient (Wildman–Crippen LogP) is 4.96. The number of aromatic amines is 1. The molecule has 10 nitrogen and oxygen atoms in total. The van der Waals surface area contributed by atoms with E-state index in [0.717, 1.165) is 42.0 Å². The van der Waals surface area contributed by atoms with Crippen LogP contribution in [0, 0.1) is 17.8 Å². The van der Waals surface area contributed by atoms with E-state index in [0.29, 0.717) is 24.5 Å². The highest BCUT2D eigenvalue weighted by molar-refractivity contribution is 5.91. The number of aliphatic hydroxyl groups is 1. The van der Waals surface area contributed by atoms with Crippen molar-refractivity contribution in [1.29, 1.82) is 0 Å². The van der Waals surface area contributed by atoms with E-state index in [1.807, 2.05) is 48.5 Å². The molecular weight excluding hydrogens is 582 g/mol. The maximum atomic E-state index is 14.0. The lowest BCUT2D eigenvalue weighted by Gasteiger charge is -2.33. The number of aliphatic hydroxyl groups excluding tert-OH is 1. The Balaban J connectivity index is 1.56. The summed E-state index contributed by atoms with van der Waals surface area (Å²) < 4.78 is 5.30. The van der Waals surface area contributed by atoms with Crippen molar-refractivity contribution in [1.82, 2.24) is 20.6 Å². The number of nitrogens with two attached hydrogens (primary N) is 1. The molecule has 5 atom stereocenters. The summed E-state index contributed by atoms with van der Waals surface area (Å²) in [6, 6.07) is 11.9. The number of carbonyl (C=O) groups is 3. The fraction of sp³-hybridized carbons (Fsp3) is 0.500. The molecule has 3 aromatic rings. The van der Waals surface area contributed by atoms with Gasteiger partial charge in [-0.3, -0.25) is 9.59 Å². The normalized spacial score (nSPS) is 17.0. The first kappa shape index (κ1) is 34.7. The number of hydrogen-bond donors (Lipinski definition) is 5. The molecule has 0 radical (unpaired) electrons. The number of nitrogens with zero attached hydrogens (tertiary/aromatic N) is 1. The van der Waals surface area contributed by atoms with Crippen LogP contribution in [-0.2, 0) is 27.2 Å². The molecule has 1 saturated carbocycles. The molecule has 46 heavy (non-hydrogen) atoms. The van der Waals surface area contributed by atoms with E-state index >= 15 is 0 Å². The molecule has 1 aromatic heterocycles. The molecule has 1 fully saturated rings. The van der Waals surface area contributed by atoms with Gasteiger partial charge in [-0.25, -0.2) is 9.78 Å². The van der Waals surface area contributed by atoms with Gasteiger partial charge in [0.1, 0.15) is 6.04 Å². The summed E-state index contributed by atoms with van der Waals surface area (Å²) in [5, 5.41) is 19.3. The lowest BCUT2D eigenvalue weighted by Crippen LogP contribution is -2.56. The number of H-pyrrole nitrogens is 1. The van der Waals surface area contributed by atoms with Crippen LogP contribution in [0.15, 0.2) is 67.6 Å². The second-order valence-corrected chi connectivity index (χ2v) is 12.9. The largest absolute Gasteiger partial charge is 0.436 e. The molecule has 6 N–H and O–H groups in total. The van der Waals surface area contributed by atoms with Crippen LogP contribution in [0.4, 0.5) is 4.79 Å². The average molecular weight is 632 g/mol. The Hall–Kier alpha value is -4.18. The molecule has 4 rings (SSSR count). The summed E-state index contributed by atoms with van der Waals surface area (Å²) in [6.07, 6.45) is 8.69. The number of primary amides is 1. The summed E-state index contributed by atoms with van der Waals surface area (Å²) >= 11 is 0. The van der Waals surface area contributed by atoms with Crippen LogP contribution in [0.25, 0.3) is 10.8 Å². The first-order valence-electron chi connectivity index (χ1n) is 16.5. The maximum Gasteiger partial charge on any atom is 0.405 e. The Morgan fingerprint density at radius 2 is 1.80 bits per heavy atom. The first-order chi connectivity index (χ1) is 22.1. The minimum absolute atomic E-state index is 0.0652. The van der Waals surface area contributed by atoms with Crippen molar-refractivity contribution >= 4 is 28.7 Å². The van der Waals surface area contributed by atoms with Gasteiger partial charge in [-0.05, 0) is 46.9 Å². The predicted molar refractivity (Wildman–Crippen MR) is 179 cm³/mol. The number of amides is 3. The third-order valence-corrected chi connectivity index (χ3v) is 9.22. The number of ether oxygens (including phenoxy) is 1. The van der Waals surface area contributed by atoms with Gasteiger partial charge in [0.25, 0.3) is 5.91 Å². The fourth-order valence-electron chi connectivity index (χ4n) is 6.55. The number of imidazole rings is 1. The lowest BCUT2D eigenvalue weighted by molar-refractivity contribution is -0.134. The number of hydrogen-bond acceptors (Lipinski definition) is 6. The smallest absolute Gasteiger partial charge is 0.405 e. The molecule has 10 heteroatoms. The van der Waals surface area contributed by atoms with Gasteiger partial charge in [0, 0.05) is 24.7 Å². The van der Waals surface area contributed by atoms with Gasteiger partial charge in [-0.15, -0.1) is 6.58 Å². The second kappa shape index (κ2) is 16.9. The molecule has 2 aromatic carbocycles. The topological polar surface area (TPSA) is 159 Å². The Bertz CT molecular complexity index is 1430. The molecule has 1 aliphatic carbocycles. The summed E-state index contributed by atoms with van der Waals surface area (Å²) in [5.41, 5.74) is 6.82. The first-order valence-corrected chi connectivity index (χ1v) is 16.5. The Kier molecular flexibility index (Phi) is 12.8. The summed E-state index contributed by atoms with van der Waals surface area (Å²) in [4.78, 5) is 46.7. The third-order valence-electron chi connectivity index (χ3n) is 9.22. The minimum atomic E-state index is -1.27. The molecule has 0 aliphatic heterocycles. The standard InChI is InChI=1S/C36H49N5O5/c1-4-25(23(2)3)18-32(42)30(17-24-11-6-5-7-12-24)40-34(43)31(20-28-21-38-22-39-28)41-35(44)33(46-36(37)45)19-27-15-10-14-26-13-8-9-16-29(26)27/h4,8-10,13-16,21-25,30-33,42H,1,5-7,11-12,17-20H2,2-3H3,(H2,37,45)(H,38,39)(H,40,43)(H,41,44)/t25-,30-,31-,32+,33-/m0/s1. The monoisotopic (exact) mass is 631 g/mol. The van der Waals surface area contributed by atoms with Crippen molar-refractivity contribution in [2.45, 2.75) is 95.9 Å². The molecule has 1 heterocycles. The highest BCUT2D eigenvalue weighted by atomic mass is 16.6. The average Bonchev–Trinajstić information content (AvgIpc) is 3.56. The molecule has 0 bridgehead atoms. The van der Waals surface area contributed by atoms with E-state index in [4.69, 9.17) is 10.5 Å². The van der Waals surface area contributed by atoms with E-state index < -0.39 is 42.2 Å². The highest BCUT2D eigenvalue weighted by Gasteiger charge is 2.33. The lowest BCUT2D eigenvalue weighted by atomic mass is 9.81. The van der Waals surface area contributed by atoms with Crippen LogP contribution in [0.2, 0.25) is 0 Å². The third kappa shape index (κ3) is 9.91. The molecule has 248 valence electrons. The van der Waals surface area contributed by atoms with Gasteiger partial charge in [-0.2, -0.15) is 0 Å². The second-order valence-electron chi connectivity index (χ2n) is 12.9. The molecular formula is C36H49N5O5. The van der Waals surface area contributed by atoms with Crippen LogP contribution in [-0.4, -0.2) is 57.3 Å². The number of rotatable bonds is 16. The van der Waals surface area contributed by atoms with E-state index in [-0.39, 0.29) is 24.7 Å². The van der Waals surface area contributed by atoms with E-state index in [9.17, 15) is 19.5 Å². The zero-order valence-electron chi connectivity index (χ0n) is 27.0. The Labute approximate surface area is 271 Å². The van der Waals surface area contributed by atoms with Crippen molar-refractivity contribution in [2.24, 2.45) is 23.5 Å². The SMILES string of the molecule is C=C[C@@H](C[C@@H](O)[C@H](CC1CCCCC1)NC(=O)[C@H](Cc1cnc[nH]1)NC(=O)[C@H](Cc1cccc2ccccc12)OC(N)=O)C(C)C. The number of nitrogens with one attached hydrogen (secondary N) is 3. The number of carbonyl (C=O) groups excluding carboxylic acids is 3. The molecule has 0 saturated heterocycles. The van der Waals surface area contributed by atoms with Crippen LogP contribution in [0.5, 0.6) is 0 Å². The van der Waals surface area contributed by atoms with Crippen molar-refractivity contribution < 1.29 is 24.2 Å². The van der Waals surface area contributed by atoms with Crippen molar-refractivity contribution in [2.75, 3.05) is 0 Å². The fourth-order valence-corrected chi connectivity index (χ4v) is 6.55. The number of benzene rings is 2. The molecule has 0 unspecified atom stereocenters. The summed E-state index contributed by atoms with van der Waals surface area (Å²) in [6.45, 7) is 8.14. The maximum absolute atomic E-state index is 14.0. The Morgan fingerprint density at radius 3 is 2.48 bits per heavy atom. The quantitative estimate of drug-likeness (QED) is 0.141. The van der Waals surface area contributed by atoms with Crippen molar-refractivity contribution in [3.8, 4) is 0 Å². The zero-order chi connectivity index (χ0) is 33.1. The van der Waals surface area contributed by atoms with E-state index in [2.05, 4.69) is 41.0 Å². The zero-order valence-corrected chi connectivity index (χ0v) is 27.0. The van der Waals surface area contributed by atoms with Crippen LogP contribution < -0.4 is 16.4 Å². The molecule has 3 amide bonds. The number of fused-ring (bicyclic) bond motifs is 1. The van der Waals surface area contributed by atoms with Crippen LogP contribution in [0.1, 0.15) is 70.1 Å². The molecule has 1 aliphatic rings. The number of allylic oxidation sites excluding steroid dienone is 1. The van der Waals surface area contributed by atoms with Gasteiger partial charge >= 0.3 is 6.09 Å². The van der Waals surface area contributed by atoms with Crippen molar-refractivity contribution in [3.05, 3.63) is 78.9 Å². The minimum Gasteiger partial charge on any atom is -0.436 e. The summed E-state index contributed by atoms with van der Waals surface area (Å²) in [5.74, 6) is -0.325. The van der Waals surface area contributed by atoms with Gasteiger partial charge < -0.3 is 31.2 Å². The van der Waals surface area contributed by atoms with Crippen molar-refractivity contribution in [3.63, 3.8) is 0 Å². The molecule has 0 spiro atoms.